The van der Waals surface area contributed by atoms with Gasteiger partial charge in [-0.1, -0.05) is 6.92 Å². The summed E-state index contributed by atoms with van der Waals surface area (Å²) >= 11 is 0. The Balaban J connectivity index is 2.06. The van der Waals surface area contributed by atoms with E-state index >= 15 is 0 Å². The van der Waals surface area contributed by atoms with Gasteiger partial charge in [0.05, 0.1) is 0 Å². The fourth-order valence-corrected chi connectivity index (χ4v) is 2.43. The summed E-state index contributed by atoms with van der Waals surface area (Å²) in [6, 6.07) is 5.46. The van der Waals surface area contributed by atoms with Crippen molar-refractivity contribution in [3.8, 4) is 0 Å². The summed E-state index contributed by atoms with van der Waals surface area (Å²) in [6.07, 6.45) is 3.61. The lowest BCUT2D eigenvalue weighted by molar-refractivity contribution is 0.602. The largest absolute Gasteiger partial charge is 0.382 e. The highest BCUT2D eigenvalue weighted by Crippen LogP contribution is 2.27. The molecule has 0 saturated heterocycles. The first-order chi connectivity index (χ1) is 7.67. The number of halogens is 1. The Bertz CT molecular complexity index is 365. The first-order valence-electron chi connectivity index (χ1n) is 5.93. The zero-order valence-corrected chi connectivity index (χ0v) is 9.67. The fraction of sp³-hybridized carbons (Fsp3) is 0.538. The number of nitrogens with one attached hydrogen (secondary N) is 1. The summed E-state index contributed by atoms with van der Waals surface area (Å²) in [6.45, 7) is 2.64. The molecule has 0 amide bonds. The summed E-state index contributed by atoms with van der Waals surface area (Å²) in [5, 5.41) is 3.39. The molecule has 1 aliphatic rings. The molecule has 88 valence electrons. The second-order valence-electron chi connectivity index (χ2n) is 4.81. The Morgan fingerprint density at radius 3 is 2.81 bits per heavy atom. The van der Waals surface area contributed by atoms with E-state index in [0.29, 0.717) is 12.6 Å². The molecule has 2 nitrogen and oxygen atoms in total. The van der Waals surface area contributed by atoms with E-state index in [2.05, 4.69) is 12.2 Å². The van der Waals surface area contributed by atoms with Crippen LogP contribution in [0.25, 0.3) is 0 Å². The zero-order valence-electron chi connectivity index (χ0n) is 9.67. The topological polar surface area (TPSA) is 38.0 Å². The molecule has 16 heavy (non-hydrogen) atoms. The summed E-state index contributed by atoms with van der Waals surface area (Å²) in [4.78, 5) is 0. The molecule has 0 bridgehead atoms. The van der Waals surface area contributed by atoms with E-state index in [1.165, 1.54) is 25.3 Å². The van der Waals surface area contributed by atoms with Gasteiger partial charge in [-0.15, -0.1) is 0 Å². The minimum absolute atomic E-state index is 0.212. The fourth-order valence-electron chi connectivity index (χ4n) is 2.43. The summed E-state index contributed by atoms with van der Waals surface area (Å²) in [7, 11) is 0. The molecule has 1 aromatic rings. The quantitative estimate of drug-likeness (QED) is 0.825. The normalized spacial score (nSPS) is 24.7. The third-order valence-corrected chi connectivity index (χ3v) is 3.26. The highest BCUT2D eigenvalue weighted by atomic mass is 19.1. The Hall–Kier alpha value is -1.09. The maximum atomic E-state index is 13.3. The van der Waals surface area contributed by atoms with Crippen molar-refractivity contribution in [1.29, 1.82) is 0 Å². The number of benzene rings is 1. The van der Waals surface area contributed by atoms with Gasteiger partial charge in [-0.25, -0.2) is 4.39 Å². The number of hydrogen-bond acceptors (Lipinski definition) is 2. The van der Waals surface area contributed by atoms with Crippen molar-refractivity contribution in [3.63, 3.8) is 0 Å². The van der Waals surface area contributed by atoms with E-state index in [1.807, 2.05) is 6.07 Å². The number of anilines is 1. The van der Waals surface area contributed by atoms with Gasteiger partial charge >= 0.3 is 0 Å². The molecule has 2 unspecified atom stereocenters. The van der Waals surface area contributed by atoms with Crippen LogP contribution in [0.2, 0.25) is 0 Å². The lowest BCUT2D eigenvalue weighted by atomic mass is 10.1. The molecule has 0 aromatic heterocycles. The van der Waals surface area contributed by atoms with Crippen LogP contribution in [0.15, 0.2) is 18.2 Å². The molecule has 1 saturated carbocycles. The van der Waals surface area contributed by atoms with Crippen molar-refractivity contribution in [2.24, 2.45) is 11.7 Å². The van der Waals surface area contributed by atoms with Crippen LogP contribution in [0.3, 0.4) is 0 Å². The standard InChI is InChI=1S/C13H19FN2/c1-9-2-3-12(4-9)16-13-6-10(8-15)5-11(14)7-13/h5-7,9,12,16H,2-4,8,15H2,1H3. The maximum absolute atomic E-state index is 13.3. The second kappa shape index (κ2) is 4.83. The zero-order chi connectivity index (χ0) is 11.5. The highest BCUT2D eigenvalue weighted by molar-refractivity contribution is 5.47. The van der Waals surface area contributed by atoms with Crippen LogP contribution in [-0.2, 0) is 6.54 Å². The Morgan fingerprint density at radius 2 is 2.19 bits per heavy atom. The SMILES string of the molecule is CC1CCC(Nc2cc(F)cc(CN)c2)C1. The van der Waals surface area contributed by atoms with Gasteiger partial charge in [0.1, 0.15) is 5.82 Å². The average molecular weight is 222 g/mol. The van der Waals surface area contributed by atoms with Crippen molar-refractivity contribution < 1.29 is 4.39 Å². The van der Waals surface area contributed by atoms with Crippen molar-refractivity contribution in [2.75, 3.05) is 5.32 Å². The van der Waals surface area contributed by atoms with Crippen LogP contribution < -0.4 is 11.1 Å². The summed E-state index contributed by atoms with van der Waals surface area (Å²) < 4.78 is 13.3. The van der Waals surface area contributed by atoms with Gasteiger partial charge in [-0.3, -0.25) is 0 Å². The first kappa shape index (κ1) is 11.4. The predicted molar refractivity (Wildman–Crippen MR) is 64.7 cm³/mol. The molecule has 3 heteroatoms. The van der Waals surface area contributed by atoms with Crippen molar-refractivity contribution in [3.05, 3.63) is 29.6 Å². The van der Waals surface area contributed by atoms with E-state index < -0.39 is 0 Å². The molecule has 1 fully saturated rings. The lowest BCUT2D eigenvalue weighted by Crippen LogP contribution is -2.15. The van der Waals surface area contributed by atoms with Gasteiger partial charge in [0.25, 0.3) is 0 Å². The molecule has 1 aromatic carbocycles. The van der Waals surface area contributed by atoms with Crippen LogP contribution in [0.5, 0.6) is 0 Å². The molecule has 0 heterocycles. The molecule has 0 aliphatic heterocycles. The van der Waals surface area contributed by atoms with Gasteiger partial charge in [-0.2, -0.15) is 0 Å². The van der Waals surface area contributed by atoms with Crippen molar-refractivity contribution >= 4 is 5.69 Å². The highest BCUT2D eigenvalue weighted by Gasteiger charge is 2.20. The van der Waals surface area contributed by atoms with Gasteiger partial charge in [0.2, 0.25) is 0 Å². The molecular formula is C13H19FN2. The molecule has 3 N–H and O–H groups in total. The molecule has 2 atom stereocenters. The number of rotatable bonds is 3. The first-order valence-corrected chi connectivity index (χ1v) is 5.93. The molecule has 0 spiro atoms. The third-order valence-electron chi connectivity index (χ3n) is 3.26. The maximum Gasteiger partial charge on any atom is 0.125 e. The van der Waals surface area contributed by atoms with E-state index in [-0.39, 0.29) is 5.82 Å². The Morgan fingerprint density at radius 1 is 1.38 bits per heavy atom. The summed E-state index contributed by atoms with van der Waals surface area (Å²) in [5.41, 5.74) is 7.23. The lowest BCUT2D eigenvalue weighted by Gasteiger charge is -2.14. The number of nitrogens with two attached hydrogens (primary N) is 1. The van der Waals surface area contributed by atoms with Crippen LogP contribution in [-0.4, -0.2) is 6.04 Å². The Kier molecular flexibility index (Phi) is 3.44. The van der Waals surface area contributed by atoms with Crippen LogP contribution in [0.1, 0.15) is 31.7 Å². The molecular weight excluding hydrogens is 203 g/mol. The van der Waals surface area contributed by atoms with Gasteiger partial charge < -0.3 is 11.1 Å². The Labute approximate surface area is 96.0 Å². The van der Waals surface area contributed by atoms with Crippen LogP contribution in [0, 0.1) is 11.7 Å². The molecule has 0 radical (unpaired) electrons. The number of hydrogen-bond donors (Lipinski definition) is 2. The second-order valence-corrected chi connectivity index (χ2v) is 4.81. The predicted octanol–water partition coefficient (Wildman–Crippen LogP) is 2.88. The third kappa shape index (κ3) is 2.73. The van der Waals surface area contributed by atoms with E-state index in [1.54, 1.807) is 6.07 Å². The summed E-state index contributed by atoms with van der Waals surface area (Å²) in [5.74, 6) is 0.566. The van der Waals surface area contributed by atoms with Crippen LogP contribution in [0.4, 0.5) is 10.1 Å². The molecule has 2 rings (SSSR count). The minimum Gasteiger partial charge on any atom is -0.382 e. The average Bonchev–Trinajstić information content (AvgIpc) is 2.63. The van der Waals surface area contributed by atoms with E-state index in [9.17, 15) is 4.39 Å². The minimum atomic E-state index is -0.212. The van der Waals surface area contributed by atoms with Crippen LogP contribution >= 0.6 is 0 Å². The monoisotopic (exact) mass is 222 g/mol. The van der Waals surface area contributed by atoms with Crippen molar-refractivity contribution in [2.45, 2.75) is 38.8 Å². The van der Waals surface area contributed by atoms with E-state index in [4.69, 9.17) is 5.73 Å². The van der Waals surface area contributed by atoms with Crippen molar-refractivity contribution in [1.82, 2.24) is 0 Å². The van der Waals surface area contributed by atoms with Gasteiger partial charge in [0.15, 0.2) is 0 Å². The van der Waals surface area contributed by atoms with E-state index in [0.717, 1.165) is 17.2 Å². The molecule has 1 aliphatic carbocycles. The smallest absolute Gasteiger partial charge is 0.125 e. The van der Waals surface area contributed by atoms with Gasteiger partial charge in [0, 0.05) is 18.3 Å². The van der Waals surface area contributed by atoms with Gasteiger partial charge in [-0.05, 0) is 48.9 Å².